The third kappa shape index (κ3) is 3.89. The molecule has 1 atom stereocenters. The van der Waals surface area contributed by atoms with Gasteiger partial charge in [0.1, 0.15) is 5.82 Å². The highest BCUT2D eigenvalue weighted by molar-refractivity contribution is 5.62. The van der Waals surface area contributed by atoms with E-state index in [1.807, 2.05) is 20.8 Å². The molecule has 0 saturated heterocycles. The molecule has 0 aliphatic heterocycles. The van der Waals surface area contributed by atoms with Crippen LogP contribution in [-0.4, -0.2) is 27.4 Å². The summed E-state index contributed by atoms with van der Waals surface area (Å²) >= 11 is 0. The monoisotopic (exact) mass is 291 g/mol. The lowest BCUT2D eigenvalue weighted by molar-refractivity contribution is 0.0140. The number of aromatic nitrogens is 2. The number of nitrogens with one attached hydrogen (secondary N) is 2. The molecule has 1 unspecified atom stereocenters. The molecular formula is C16H22FN3O. The molecule has 3 N–H and O–H groups in total. The fourth-order valence-electron chi connectivity index (χ4n) is 1.97. The number of rotatable bonds is 6. The summed E-state index contributed by atoms with van der Waals surface area (Å²) in [6.07, 6.45) is 1.75. The number of halogens is 1. The number of H-pyrrole nitrogens is 1. The van der Waals surface area contributed by atoms with Gasteiger partial charge < -0.3 is 10.4 Å². The number of benzene rings is 1. The molecule has 21 heavy (non-hydrogen) atoms. The molecule has 0 bridgehead atoms. The van der Waals surface area contributed by atoms with Crippen LogP contribution in [0.4, 0.5) is 4.39 Å². The Hall–Kier alpha value is -1.72. The number of hydrogen-bond donors (Lipinski definition) is 3. The maximum absolute atomic E-state index is 13.0. The molecule has 0 amide bonds. The molecule has 1 aromatic heterocycles. The number of aromatic amines is 1. The van der Waals surface area contributed by atoms with Gasteiger partial charge in [-0.25, -0.2) is 4.39 Å². The summed E-state index contributed by atoms with van der Waals surface area (Å²) < 4.78 is 13.0. The zero-order valence-electron chi connectivity index (χ0n) is 12.7. The zero-order chi connectivity index (χ0) is 15.5. The second-order valence-corrected chi connectivity index (χ2v) is 5.89. The predicted molar refractivity (Wildman–Crippen MR) is 81.2 cm³/mol. The molecule has 0 saturated carbocycles. The fraction of sp³-hybridized carbons (Fsp3) is 0.438. The van der Waals surface area contributed by atoms with Crippen molar-refractivity contribution in [2.45, 2.75) is 32.9 Å². The van der Waals surface area contributed by atoms with Crippen molar-refractivity contribution in [1.29, 1.82) is 0 Å². The van der Waals surface area contributed by atoms with Crippen LogP contribution in [-0.2, 0) is 6.54 Å². The van der Waals surface area contributed by atoms with Gasteiger partial charge in [0.25, 0.3) is 0 Å². The van der Waals surface area contributed by atoms with E-state index in [0.717, 1.165) is 16.8 Å². The highest BCUT2D eigenvalue weighted by Crippen LogP contribution is 2.21. The lowest BCUT2D eigenvalue weighted by atomic mass is 9.92. The normalized spacial score (nSPS) is 14.4. The van der Waals surface area contributed by atoms with Crippen LogP contribution in [0.3, 0.4) is 0 Å². The van der Waals surface area contributed by atoms with Crippen LogP contribution in [0.2, 0.25) is 0 Å². The van der Waals surface area contributed by atoms with Gasteiger partial charge in [-0.05, 0) is 37.1 Å². The predicted octanol–water partition coefficient (Wildman–Crippen LogP) is 2.71. The molecule has 4 nitrogen and oxygen atoms in total. The lowest BCUT2D eigenvalue weighted by Crippen LogP contribution is -2.41. The van der Waals surface area contributed by atoms with Gasteiger partial charge in [-0.2, -0.15) is 5.10 Å². The van der Waals surface area contributed by atoms with Crippen LogP contribution < -0.4 is 5.32 Å². The van der Waals surface area contributed by atoms with E-state index in [1.165, 1.54) is 12.1 Å². The summed E-state index contributed by atoms with van der Waals surface area (Å²) in [5, 5.41) is 20.4. The zero-order valence-corrected chi connectivity index (χ0v) is 12.7. The molecule has 5 heteroatoms. The van der Waals surface area contributed by atoms with E-state index in [1.54, 1.807) is 18.3 Å². The number of aliphatic hydroxyl groups is 1. The second-order valence-electron chi connectivity index (χ2n) is 5.89. The Kier molecular flexibility index (Phi) is 4.75. The standard InChI is InChI=1S/C16H22FN3O/c1-11(2)16(3,21)10-18-8-13-9-19-20-15(13)12-4-6-14(17)7-5-12/h4-7,9,11,18,21H,8,10H2,1-3H3,(H,19,20). The van der Waals surface area contributed by atoms with Gasteiger partial charge in [0, 0.05) is 24.2 Å². The average molecular weight is 291 g/mol. The van der Waals surface area contributed by atoms with Gasteiger partial charge in [-0.1, -0.05) is 13.8 Å². The Balaban J connectivity index is 2.03. The lowest BCUT2D eigenvalue weighted by Gasteiger charge is -2.27. The van der Waals surface area contributed by atoms with Crippen molar-refractivity contribution < 1.29 is 9.50 Å². The summed E-state index contributed by atoms with van der Waals surface area (Å²) in [5.41, 5.74) is 1.99. The Morgan fingerprint density at radius 1 is 1.33 bits per heavy atom. The van der Waals surface area contributed by atoms with Gasteiger partial charge >= 0.3 is 0 Å². The quantitative estimate of drug-likeness (QED) is 0.767. The van der Waals surface area contributed by atoms with Crippen molar-refractivity contribution in [3.8, 4) is 11.3 Å². The third-order valence-electron chi connectivity index (χ3n) is 3.89. The largest absolute Gasteiger partial charge is 0.389 e. The van der Waals surface area contributed by atoms with Gasteiger partial charge in [0.2, 0.25) is 0 Å². The fourth-order valence-corrected chi connectivity index (χ4v) is 1.97. The van der Waals surface area contributed by atoms with Gasteiger partial charge in [-0.15, -0.1) is 0 Å². The minimum absolute atomic E-state index is 0.172. The molecule has 0 radical (unpaired) electrons. The first-order valence-electron chi connectivity index (χ1n) is 7.11. The van der Waals surface area contributed by atoms with E-state index >= 15 is 0 Å². The molecule has 1 aromatic carbocycles. The van der Waals surface area contributed by atoms with Gasteiger partial charge in [-0.3, -0.25) is 5.10 Å². The summed E-state index contributed by atoms with van der Waals surface area (Å²) in [7, 11) is 0. The van der Waals surface area contributed by atoms with Crippen LogP contribution >= 0.6 is 0 Å². The smallest absolute Gasteiger partial charge is 0.123 e. The maximum atomic E-state index is 13.0. The highest BCUT2D eigenvalue weighted by Gasteiger charge is 2.24. The minimum Gasteiger partial charge on any atom is -0.389 e. The van der Waals surface area contributed by atoms with Crippen LogP contribution in [0.1, 0.15) is 26.3 Å². The van der Waals surface area contributed by atoms with Crippen molar-refractivity contribution in [1.82, 2.24) is 15.5 Å². The van der Waals surface area contributed by atoms with Crippen LogP contribution in [0, 0.1) is 11.7 Å². The summed E-state index contributed by atoms with van der Waals surface area (Å²) in [6, 6.07) is 6.29. The topological polar surface area (TPSA) is 60.9 Å². The Morgan fingerprint density at radius 3 is 2.62 bits per heavy atom. The van der Waals surface area contributed by atoms with E-state index in [0.29, 0.717) is 13.1 Å². The first-order chi connectivity index (χ1) is 9.90. The van der Waals surface area contributed by atoms with Crippen LogP contribution in [0.25, 0.3) is 11.3 Å². The molecule has 0 aliphatic carbocycles. The van der Waals surface area contributed by atoms with Gasteiger partial charge in [0.15, 0.2) is 0 Å². The van der Waals surface area contributed by atoms with Gasteiger partial charge in [0.05, 0.1) is 17.5 Å². The van der Waals surface area contributed by atoms with Crippen LogP contribution in [0.5, 0.6) is 0 Å². The average Bonchev–Trinajstić information content (AvgIpc) is 2.87. The van der Waals surface area contributed by atoms with Crippen molar-refractivity contribution in [3.63, 3.8) is 0 Å². The summed E-state index contributed by atoms with van der Waals surface area (Å²) in [4.78, 5) is 0. The van der Waals surface area contributed by atoms with E-state index in [9.17, 15) is 9.50 Å². The molecule has 0 aliphatic rings. The van der Waals surface area contributed by atoms with E-state index in [2.05, 4.69) is 15.5 Å². The third-order valence-corrected chi connectivity index (χ3v) is 3.89. The van der Waals surface area contributed by atoms with E-state index in [-0.39, 0.29) is 11.7 Å². The molecule has 1 heterocycles. The molecule has 0 fully saturated rings. The Bertz CT molecular complexity index is 575. The van der Waals surface area contributed by atoms with Crippen LogP contribution in [0.15, 0.2) is 30.5 Å². The Morgan fingerprint density at radius 2 is 2.00 bits per heavy atom. The molecule has 2 rings (SSSR count). The maximum Gasteiger partial charge on any atom is 0.123 e. The molecule has 2 aromatic rings. The number of nitrogens with zero attached hydrogens (tertiary/aromatic N) is 1. The van der Waals surface area contributed by atoms with Crippen molar-refractivity contribution in [2.24, 2.45) is 5.92 Å². The second kappa shape index (κ2) is 6.37. The van der Waals surface area contributed by atoms with E-state index < -0.39 is 5.60 Å². The minimum atomic E-state index is -0.750. The Labute approximate surface area is 124 Å². The first-order valence-corrected chi connectivity index (χ1v) is 7.11. The molecular weight excluding hydrogens is 269 g/mol. The first kappa shape index (κ1) is 15.7. The summed E-state index contributed by atoms with van der Waals surface area (Å²) in [5.74, 6) is -0.0863. The molecule has 0 spiro atoms. The highest BCUT2D eigenvalue weighted by atomic mass is 19.1. The number of hydrogen-bond acceptors (Lipinski definition) is 3. The van der Waals surface area contributed by atoms with Crippen molar-refractivity contribution in [2.75, 3.05) is 6.54 Å². The SMILES string of the molecule is CC(C)C(C)(O)CNCc1cn[nH]c1-c1ccc(F)cc1. The van der Waals surface area contributed by atoms with E-state index in [4.69, 9.17) is 0 Å². The van der Waals surface area contributed by atoms with Crippen molar-refractivity contribution >= 4 is 0 Å². The molecule has 114 valence electrons. The summed E-state index contributed by atoms with van der Waals surface area (Å²) in [6.45, 7) is 6.89. The van der Waals surface area contributed by atoms with Crippen molar-refractivity contribution in [3.05, 3.63) is 41.8 Å².